The van der Waals surface area contributed by atoms with Gasteiger partial charge in [0.15, 0.2) is 0 Å². The van der Waals surface area contributed by atoms with Gasteiger partial charge in [-0.05, 0) is 51.6 Å². The van der Waals surface area contributed by atoms with Gasteiger partial charge in [-0.1, -0.05) is 0 Å². The van der Waals surface area contributed by atoms with E-state index in [0.717, 1.165) is 51.0 Å². The molecule has 0 saturated carbocycles. The van der Waals surface area contributed by atoms with Crippen LogP contribution >= 0.6 is 12.4 Å². The van der Waals surface area contributed by atoms with Crippen LogP contribution in [0.15, 0.2) is 10.9 Å². The molecule has 0 aromatic carbocycles. The van der Waals surface area contributed by atoms with E-state index in [2.05, 4.69) is 15.4 Å². The molecule has 29 heavy (non-hydrogen) atoms. The lowest BCUT2D eigenvalue weighted by molar-refractivity contribution is 0.0572. The van der Waals surface area contributed by atoms with Crippen molar-refractivity contribution in [3.63, 3.8) is 0 Å². The number of rotatable bonds is 4. The third-order valence-corrected chi connectivity index (χ3v) is 6.01. The molecule has 2 aliphatic heterocycles. The number of carbonyl (C=O) groups is 1. The number of fused-ring (bicyclic) bond motifs is 1. The second-order valence-electron chi connectivity index (χ2n) is 8.02. The number of piperidine rings is 2. The van der Waals surface area contributed by atoms with Crippen LogP contribution in [0.4, 0.5) is 0 Å². The van der Waals surface area contributed by atoms with E-state index in [1.807, 2.05) is 11.8 Å². The number of hydrogen-bond acceptors (Lipinski definition) is 5. The second-order valence-corrected chi connectivity index (χ2v) is 8.02. The van der Waals surface area contributed by atoms with E-state index in [1.165, 1.54) is 0 Å². The van der Waals surface area contributed by atoms with Gasteiger partial charge < -0.3 is 19.9 Å². The Morgan fingerprint density at radius 2 is 2.07 bits per heavy atom. The molecule has 2 aromatic heterocycles. The summed E-state index contributed by atoms with van der Waals surface area (Å²) in [6.07, 6.45) is 3.97. The van der Waals surface area contributed by atoms with Crippen molar-refractivity contribution in [3.8, 4) is 0 Å². The normalized spacial score (nSPS) is 20.6. The molecule has 2 saturated heterocycles. The smallest absolute Gasteiger partial charge is 0.259 e. The molecule has 2 fully saturated rings. The molecule has 0 bridgehead atoms. The predicted octanol–water partition coefficient (Wildman–Crippen LogP) is 1.72. The minimum atomic E-state index is -0.175. The van der Waals surface area contributed by atoms with Crippen LogP contribution in [-0.4, -0.2) is 65.3 Å². The SMILES string of the molecule is COCC1CCCN(C(=O)c2c(C)nn3c(C4CCNCC4)cc(=O)[nH]c23)C1.Cl. The van der Waals surface area contributed by atoms with Gasteiger partial charge in [0, 0.05) is 32.2 Å². The summed E-state index contributed by atoms with van der Waals surface area (Å²) < 4.78 is 7.07. The summed E-state index contributed by atoms with van der Waals surface area (Å²) in [7, 11) is 1.70. The molecule has 2 aliphatic rings. The van der Waals surface area contributed by atoms with Gasteiger partial charge in [0.05, 0.1) is 18.0 Å². The number of aryl methyl sites for hydroxylation is 1. The summed E-state index contributed by atoms with van der Waals surface area (Å²) in [5.74, 6) is 0.579. The number of H-pyrrole nitrogens is 1. The Labute approximate surface area is 176 Å². The Morgan fingerprint density at radius 1 is 1.31 bits per heavy atom. The van der Waals surface area contributed by atoms with Crippen LogP contribution < -0.4 is 10.9 Å². The summed E-state index contributed by atoms with van der Waals surface area (Å²) in [6, 6.07) is 1.64. The molecule has 4 rings (SSSR count). The quantitative estimate of drug-likeness (QED) is 0.781. The highest BCUT2D eigenvalue weighted by molar-refractivity contribution is 6.01. The molecular weight excluding hydrogens is 394 g/mol. The minimum Gasteiger partial charge on any atom is -0.384 e. The van der Waals surface area contributed by atoms with Crippen molar-refractivity contribution < 1.29 is 9.53 Å². The van der Waals surface area contributed by atoms with Crippen LogP contribution in [0.2, 0.25) is 0 Å². The fraction of sp³-hybridized carbons (Fsp3) is 0.650. The van der Waals surface area contributed by atoms with E-state index in [0.29, 0.717) is 36.0 Å². The third-order valence-electron chi connectivity index (χ3n) is 6.01. The van der Waals surface area contributed by atoms with Gasteiger partial charge in [-0.25, -0.2) is 4.52 Å². The zero-order valence-electron chi connectivity index (χ0n) is 17.1. The molecule has 2 aromatic rings. The van der Waals surface area contributed by atoms with E-state index >= 15 is 0 Å². The number of amides is 1. The Bertz CT molecular complexity index is 917. The number of nitrogens with one attached hydrogen (secondary N) is 2. The van der Waals surface area contributed by atoms with Crippen molar-refractivity contribution in [3.05, 3.63) is 33.4 Å². The van der Waals surface area contributed by atoms with Crippen LogP contribution in [0.1, 0.15) is 53.3 Å². The van der Waals surface area contributed by atoms with Crippen LogP contribution in [0.5, 0.6) is 0 Å². The van der Waals surface area contributed by atoms with Gasteiger partial charge in [0.25, 0.3) is 11.5 Å². The number of methoxy groups -OCH3 is 1. The number of likely N-dealkylation sites (tertiary alicyclic amines) is 1. The van der Waals surface area contributed by atoms with Crippen molar-refractivity contribution >= 4 is 24.0 Å². The lowest BCUT2D eigenvalue weighted by Crippen LogP contribution is -2.41. The number of halogens is 1. The van der Waals surface area contributed by atoms with Crippen molar-refractivity contribution in [1.29, 1.82) is 0 Å². The van der Waals surface area contributed by atoms with E-state index in [4.69, 9.17) is 4.74 Å². The standard InChI is InChI=1S/C20H29N5O3.ClH/c1-13-18(20(27)24-9-3-4-14(11-24)12-28-2)19-22-17(26)10-16(25(19)23-13)15-5-7-21-8-6-15;/h10,14-15,21H,3-9,11-12H2,1-2H3,(H,22,26);1H. The van der Waals surface area contributed by atoms with Gasteiger partial charge >= 0.3 is 0 Å². The maximum Gasteiger partial charge on any atom is 0.259 e. The largest absolute Gasteiger partial charge is 0.384 e. The third kappa shape index (κ3) is 4.34. The highest BCUT2D eigenvalue weighted by atomic mass is 35.5. The predicted molar refractivity (Wildman–Crippen MR) is 113 cm³/mol. The molecular formula is C20H30ClN5O3. The number of nitrogens with zero attached hydrogens (tertiary/aromatic N) is 3. The molecule has 0 spiro atoms. The molecule has 0 aliphatic carbocycles. The maximum atomic E-state index is 13.3. The molecule has 1 unspecified atom stereocenters. The van der Waals surface area contributed by atoms with Crippen LogP contribution in [0.3, 0.4) is 0 Å². The van der Waals surface area contributed by atoms with E-state index in [9.17, 15) is 9.59 Å². The average molecular weight is 424 g/mol. The minimum absolute atomic E-state index is 0. The van der Waals surface area contributed by atoms with Crippen LogP contribution in [0.25, 0.3) is 5.65 Å². The first kappa shape index (κ1) is 21.8. The maximum absolute atomic E-state index is 13.3. The fourth-order valence-corrected chi connectivity index (χ4v) is 4.62. The fourth-order valence-electron chi connectivity index (χ4n) is 4.62. The number of aromatic nitrogens is 3. The topological polar surface area (TPSA) is 91.7 Å². The molecule has 9 heteroatoms. The molecule has 8 nitrogen and oxygen atoms in total. The van der Waals surface area contributed by atoms with Crippen molar-refractivity contribution in [1.82, 2.24) is 24.8 Å². The summed E-state index contributed by atoms with van der Waals surface area (Å²) in [5, 5.41) is 8.01. The lowest BCUT2D eigenvalue weighted by Gasteiger charge is -2.32. The summed E-state index contributed by atoms with van der Waals surface area (Å²) >= 11 is 0. The molecule has 1 amide bonds. The highest BCUT2D eigenvalue weighted by Gasteiger charge is 2.29. The number of ether oxygens (including phenoxy) is 1. The van der Waals surface area contributed by atoms with Crippen molar-refractivity contribution in [2.75, 3.05) is 39.9 Å². The van der Waals surface area contributed by atoms with E-state index < -0.39 is 0 Å². The number of aromatic amines is 1. The van der Waals surface area contributed by atoms with E-state index in [-0.39, 0.29) is 29.8 Å². The Kier molecular flexibility index (Phi) is 6.97. The molecule has 4 heterocycles. The van der Waals surface area contributed by atoms with Crippen LogP contribution in [0, 0.1) is 12.8 Å². The first-order valence-electron chi connectivity index (χ1n) is 10.2. The van der Waals surface area contributed by atoms with Gasteiger partial charge in [0.2, 0.25) is 0 Å². The summed E-state index contributed by atoms with van der Waals surface area (Å²) in [6.45, 7) is 5.78. The average Bonchev–Trinajstić information content (AvgIpc) is 3.03. The zero-order valence-corrected chi connectivity index (χ0v) is 17.9. The highest BCUT2D eigenvalue weighted by Crippen LogP contribution is 2.27. The first-order chi connectivity index (χ1) is 13.6. The van der Waals surface area contributed by atoms with Gasteiger partial charge in [-0.2, -0.15) is 5.10 Å². The monoisotopic (exact) mass is 423 g/mol. The van der Waals surface area contributed by atoms with Gasteiger partial charge in [0.1, 0.15) is 11.2 Å². The van der Waals surface area contributed by atoms with E-state index in [1.54, 1.807) is 17.7 Å². The lowest BCUT2D eigenvalue weighted by atomic mass is 9.94. The first-order valence-corrected chi connectivity index (χ1v) is 10.2. The summed E-state index contributed by atoms with van der Waals surface area (Å²) in [4.78, 5) is 30.5. The molecule has 160 valence electrons. The summed E-state index contributed by atoms with van der Waals surface area (Å²) in [5.41, 5.74) is 2.43. The van der Waals surface area contributed by atoms with Gasteiger partial charge in [-0.15, -0.1) is 12.4 Å². The number of carbonyl (C=O) groups excluding carboxylic acids is 1. The Balaban J connectivity index is 0.00000240. The Morgan fingerprint density at radius 3 is 2.79 bits per heavy atom. The van der Waals surface area contributed by atoms with Gasteiger partial charge in [-0.3, -0.25) is 9.59 Å². The van der Waals surface area contributed by atoms with Crippen molar-refractivity contribution in [2.45, 2.75) is 38.5 Å². The molecule has 0 radical (unpaired) electrons. The Hall–Kier alpha value is -1.90. The molecule has 1 atom stereocenters. The van der Waals surface area contributed by atoms with Crippen LogP contribution in [-0.2, 0) is 4.74 Å². The van der Waals surface area contributed by atoms with Crippen molar-refractivity contribution in [2.24, 2.45) is 5.92 Å². The molecule has 2 N–H and O–H groups in total. The number of hydrogen-bond donors (Lipinski definition) is 2. The zero-order chi connectivity index (χ0) is 19.7. The second kappa shape index (κ2) is 9.28.